The van der Waals surface area contributed by atoms with Crippen LogP contribution in [-0.2, 0) is 18.3 Å². The first kappa shape index (κ1) is 17.1. The molecular formula is C14H30O4Si. The number of hydrogen-bond acceptors (Lipinski definition) is 4. The summed E-state index contributed by atoms with van der Waals surface area (Å²) < 4.78 is 22.5. The van der Waals surface area contributed by atoms with Crippen LogP contribution in [0.3, 0.4) is 0 Å². The van der Waals surface area contributed by atoms with E-state index in [4.69, 9.17) is 18.3 Å². The fourth-order valence-electron chi connectivity index (χ4n) is 1.87. The van der Waals surface area contributed by atoms with Crippen LogP contribution in [0.15, 0.2) is 0 Å². The lowest BCUT2D eigenvalue weighted by Crippen LogP contribution is -2.28. The van der Waals surface area contributed by atoms with Gasteiger partial charge in [-0.3, -0.25) is 0 Å². The Bertz CT molecular complexity index is 204. The zero-order valence-corrected chi connectivity index (χ0v) is 13.9. The second-order valence-corrected chi connectivity index (χ2v) is 7.80. The van der Waals surface area contributed by atoms with Gasteiger partial charge in [0.25, 0.3) is 0 Å². The largest absolute Gasteiger partial charge is 0.396 e. The van der Waals surface area contributed by atoms with E-state index in [1.54, 1.807) is 0 Å². The van der Waals surface area contributed by atoms with E-state index in [2.05, 4.69) is 20.8 Å². The van der Waals surface area contributed by atoms with Crippen molar-refractivity contribution in [2.75, 3.05) is 33.0 Å². The molecule has 0 saturated carbocycles. The quantitative estimate of drug-likeness (QED) is 0.297. The molecule has 0 N–H and O–H groups in total. The molecule has 1 aliphatic heterocycles. The highest BCUT2D eigenvalue weighted by molar-refractivity contribution is 6.46. The van der Waals surface area contributed by atoms with Gasteiger partial charge in [-0.15, -0.1) is 0 Å². The van der Waals surface area contributed by atoms with Crippen molar-refractivity contribution >= 4 is 9.28 Å². The third kappa shape index (κ3) is 8.76. The summed E-state index contributed by atoms with van der Waals surface area (Å²) in [5.74, 6) is 0. The molecule has 1 heterocycles. The highest BCUT2D eigenvalue weighted by Gasteiger charge is 2.23. The molecule has 0 radical (unpaired) electrons. The van der Waals surface area contributed by atoms with Crippen LogP contribution in [0.1, 0.15) is 46.5 Å². The Morgan fingerprint density at radius 2 is 1.79 bits per heavy atom. The maximum absolute atomic E-state index is 5.92. The third-order valence-electron chi connectivity index (χ3n) is 3.09. The van der Waals surface area contributed by atoms with E-state index in [1.807, 2.05) is 0 Å². The molecule has 1 aliphatic rings. The molecule has 19 heavy (non-hydrogen) atoms. The normalized spacial score (nSPS) is 19.9. The number of epoxide rings is 1. The van der Waals surface area contributed by atoms with Crippen LogP contribution >= 0.6 is 0 Å². The second kappa shape index (κ2) is 10.8. The van der Waals surface area contributed by atoms with Crippen molar-refractivity contribution in [3.8, 4) is 0 Å². The van der Waals surface area contributed by atoms with Gasteiger partial charge in [0.15, 0.2) is 0 Å². The van der Waals surface area contributed by atoms with Gasteiger partial charge in [0.1, 0.15) is 6.10 Å². The number of ether oxygens (including phenoxy) is 2. The van der Waals surface area contributed by atoms with E-state index >= 15 is 0 Å². The maximum atomic E-state index is 5.92. The third-order valence-corrected chi connectivity index (χ3v) is 5.48. The molecule has 0 aliphatic carbocycles. The van der Waals surface area contributed by atoms with Gasteiger partial charge in [0.2, 0.25) is 0 Å². The van der Waals surface area contributed by atoms with Crippen molar-refractivity contribution in [2.24, 2.45) is 0 Å². The summed E-state index contributed by atoms with van der Waals surface area (Å²) >= 11 is 0. The van der Waals surface area contributed by atoms with Crippen molar-refractivity contribution in [3.63, 3.8) is 0 Å². The van der Waals surface area contributed by atoms with Crippen molar-refractivity contribution in [2.45, 2.75) is 58.1 Å². The lowest BCUT2D eigenvalue weighted by molar-refractivity contribution is 0.112. The molecule has 0 spiro atoms. The first-order valence-corrected chi connectivity index (χ1v) is 9.31. The standard InChI is InChI=1S/C14H30O4Si/c1-4-8-17-19(18-9-5-2)13(3)7-6-10-15-11-14-12-16-14/h13-14,19H,4-12H2,1-3H3. The zero-order chi connectivity index (χ0) is 13.9. The minimum Gasteiger partial charge on any atom is -0.396 e. The van der Waals surface area contributed by atoms with E-state index in [1.165, 1.54) is 0 Å². The van der Waals surface area contributed by atoms with Crippen LogP contribution in [0.4, 0.5) is 0 Å². The fraction of sp³-hybridized carbons (Fsp3) is 1.00. The van der Waals surface area contributed by atoms with Crippen LogP contribution in [0.25, 0.3) is 0 Å². The van der Waals surface area contributed by atoms with Crippen LogP contribution in [0.2, 0.25) is 5.54 Å². The summed E-state index contributed by atoms with van der Waals surface area (Å²) in [6, 6.07) is 0. The highest BCUT2D eigenvalue weighted by atomic mass is 28.3. The van der Waals surface area contributed by atoms with Crippen molar-refractivity contribution < 1.29 is 18.3 Å². The van der Waals surface area contributed by atoms with E-state index in [0.29, 0.717) is 11.6 Å². The van der Waals surface area contributed by atoms with E-state index in [0.717, 1.165) is 58.7 Å². The molecule has 4 nitrogen and oxygen atoms in total. The second-order valence-electron chi connectivity index (χ2n) is 5.26. The average Bonchev–Trinajstić information content (AvgIpc) is 3.22. The summed E-state index contributed by atoms with van der Waals surface area (Å²) in [7, 11) is -1.50. The van der Waals surface area contributed by atoms with Crippen molar-refractivity contribution in [1.29, 1.82) is 0 Å². The molecule has 0 aromatic rings. The topological polar surface area (TPSA) is 40.2 Å². The Balaban J connectivity index is 2.07. The van der Waals surface area contributed by atoms with E-state index in [9.17, 15) is 0 Å². The summed E-state index contributed by atoms with van der Waals surface area (Å²) in [5, 5.41) is 0. The first-order valence-electron chi connectivity index (χ1n) is 7.70. The van der Waals surface area contributed by atoms with Gasteiger partial charge in [-0.2, -0.15) is 0 Å². The molecule has 5 heteroatoms. The van der Waals surface area contributed by atoms with Crippen LogP contribution in [0, 0.1) is 0 Å². The Kier molecular flexibility index (Phi) is 9.72. The summed E-state index contributed by atoms with van der Waals surface area (Å²) in [6.45, 7) is 10.7. The summed E-state index contributed by atoms with van der Waals surface area (Å²) in [4.78, 5) is 0. The maximum Gasteiger partial charge on any atom is 0.324 e. The minimum absolute atomic E-state index is 0.375. The van der Waals surface area contributed by atoms with Gasteiger partial charge in [-0.05, 0) is 31.2 Å². The minimum atomic E-state index is -1.50. The molecule has 0 aromatic heterocycles. The molecule has 0 amide bonds. The molecule has 1 rings (SSSR count). The number of rotatable bonds is 13. The Labute approximate surface area is 119 Å². The molecule has 0 aromatic carbocycles. The zero-order valence-electron chi connectivity index (χ0n) is 12.7. The monoisotopic (exact) mass is 290 g/mol. The van der Waals surface area contributed by atoms with Gasteiger partial charge >= 0.3 is 9.28 Å². The smallest absolute Gasteiger partial charge is 0.324 e. The molecule has 1 fully saturated rings. The van der Waals surface area contributed by atoms with E-state index < -0.39 is 9.28 Å². The van der Waals surface area contributed by atoms with Crippen molar-refractivity contribution in [3.05, 3.63) is 0 Å². The van der Waals surface area contributed by atoms with Gasteiger partial charge in [-0.1, -0.05) is 20.8 Å². The molecule has 2 unspecified atom stereocenters. The molecule has 114 valence electrons. The van der Waals surface area contributed by atoms with Gasteiger partial charge in [0.05, 0.1) is 13.2 Å². The fourth-order valence-corrected chi connectivity index (χ4v) is 4.06. The molecular weight excluding hydrogens is 260 g/mol. The SMILES string of the molecule is CCCO[SiH](OCCC)C(C)CCCOCC1CO1. The number of hydrogen-bond donors (Lipinski definition) is 0. The van der Waals surface area contributed by atoms with Crippen LogP contribution in [0.5, 0.6) is 0 Å². The van der Waals surface area contributed by atoms with E-state index in [-0.39, 0.29) is 0 Å². The van der Waals surface area contributed by atoms with Crippen LogP contribution in [-0.4, -0.2) is 48.4 Å². The molecule has 2 atom stereocenters. The first-order chi connectivity index (χ1) is 9.27. The van der Waals surface area contributed by atoms with Gasteiger partial charge < -0.3 is 18.3 Å². The summed E-state index contributed by atoms with van der Waals surface area (Å²) in [6.07, 6.45) is 4.73. The van der Waals surface area contributed by atoms with Gasteiger partial charge in [0, 0.05) is 19.8 Å². The van der Waals surface area contributed by atoms with Gasteiger partial charge in [-0.25, -0.2) is 0 Å². The van der Waals surface area contributed by atoms with Crippen LogP contribution < -0.4 is 0 Å². The predicted octanol–water partition coefficient (Wildman–Crippen LogP) is 2.65. The Hall–Kier alpha value is 0.0569. The Morgan fingerprint density at radius 1 is 1.16 bits per heavy atom. The lowest BCUT2D eigenvalue weighted by atomic mass is 10.2. The molecule has 1 saturated heterocycles. The highest BCUT2D eigenvalue weighted by Crippen LogP contribution is 2.19. The molecule has 0 bridgehead atoms. The summed E-state index contributed by atoms with van der Waals surface area (Å²) in [5.41, 5.74) is 0.555. The average molecular weight is 290 g/mol. The Morgan fingerprint density at radius 3 is 2.32 bits per heavy atom. The predicted molar refractivity (Wildman–Crippen MR) is 78.9 cm³/mol. The van der Waals surface area contributed by atoms with Crippen molar-refractivity contribution in [1.82, 2.24) is 0 Å². The lowest BCUT2D eigenvalue weighted by Gasteiger charge is -2.22.